The molecule has 0 saturated heterocycles. The fourth-order valence-electron chi connectivity index (χ4n) is 3.75. The fourth-order valence-corrected chi connectivity index (χ4v) is 4.08. The van der Waals surface area contributed by atoms with E-state index in [1.165, 1.54) is 6.07 Å². The van der Waals surface area contributed by atoms with Gasteiger partial charge in [0.2, 0.25) is 5.95 Å². The van der Waals surface area contributed by atoms with Gasteiger partial charge in [0.25, 0.3) is 0 Å². The van der Waals surface area contributed by atoms with Crippen molar-refractivity contribution in [1.29, 1.82) is 5.26 Å². The van der Waals surface area contributed by atoms with Gasteiger partial charge in [0.15, 0.2) is 0 Å². The SMILES string of the molecule is N#C[C@@H]1CCC[C@H]1Nc1nc(Nc2cc(Cl)c3c(c2)COB3O)ncc1C(F)(F)F. The Bertz CT molecular complexity index is 1020. The second-order valence-electron chi connectivity index (χ2n) is 7.19. The van der Waals surface area contributed by atoms with E-state index < -0.39 is 24.9 Å². The van der Waals surface area contributed by atoms with E-state index >= 15 is 0 Å². The molecule has 1 aromatic carbocycles. The summed E-state index contributed by atoms with van der Waals surface area (Å²) in [7, 11) is -1.11. The lowest BCUT2D eigenvalue weighted by Gasteiger charge is -2.20. The van der Waals surface area contributed by atoms with Gasteiger partial charge in [-0.2, -0.15) is 23.4 Å². The number of alkyl halides is 3. The van der Waals surface area contributed by atoms with E-state index in [0.29, 0.717) is 35.8 Å². The van der Waals surface area contributed by atoms with Crippen LogP contribution in [0.3, 0.4) is 0 Å². The van der Waals surface area contributed by atoms with E-state index in [4.69, 9.17) is 16.3 Å². The van der Waals surface area contributed by atoms with Crippen molar-refractivity contribution < 1.29 is 22.8 Å². The zero-order valence-electron chi connectivity index (χ0n) is 15.5. The van der Waals surface area contributed by atoms with Crippen molar-refractivity contribution in [1.82, 2.24) is 9.97 Å². The van der Waals surface area contributed by atoms with Gasteiger partial charge in [-0.3, -0.25) is 0 Å². The molecule has 0 spiro atoms. The number of nitrogens with zero attached hydrogens (tertiary/aromatic N) is 3. The minimum absolute atomic E-state index is 0.0625. The second-order valence-corrected chi connectivity index (χ2v) is 7.60. The minimum atomic E-state index is -4.65. The third-order valence-corrected chi connectivity index (χ3v) is 5.53. The van der Waals surface area contributed by atoms with Gasteiger partial charge in [-0.25, -0.2) is 4.98 Å². The van der Waals surface area contributed by atoms with E-state index in [1.807, 2.05) is 0 Å². The number of rotatable bonds is 4. The molecule has 30 heavy (non-hydrogen) atoms. The molecule has 12 heteroatoms. The molecule has 1 fully saturated rings. The van der Waals surface area contributed by atoms with Gasteiger partial charge in [-0.05, 0) is 37.0 Å². The van der Waals surface area contributed by atoms with Crippen LogP contribution in [0.1, 0.15) is 30.4 Å². The van der Waals surface area contributed by atoms with Crippen molar-refractivity contribution in [2.45, 2.75) is 38.1 Å². The summed E-state index contributed by atoms with van der Waals surface area (Å²) in [5.41, 5.74) is 0.561. The summed E-state index contributed by atoms with van der Waals surface area (Å²) >= 11 is 6.19. The van der Waals surface area contributed by atoms with E-state index in [2.05, 4.69) is 26.7 Å². The van der Waals surface area contributed by atoms with E-state index in [0.717, 1.165) is 6.42 Å². The molecular formula is C18H16BClF3N5O2. The lowest BCUT2D eigenvalue weighted by Crippen LogP contribution is -2.29. The van der Waals surface area contributed by atoms with E-state index in [1.54, 1.807) is 6.07 Å². The van der Waals surface area contributed by atoms with Gasteiger partial charge < -0.3 is 20.3 Å². The van der Waals surface area contributed by atoms with Crippen LogP contribution < -0.4 is 16.1 Å². The maximum absolute atomic E-state index is 13.4. The number of fused-ring (bicyclic) bond motifs is 1. The van der Waals surface area contributed by atoms with Crippen molar-refractivity contribution in [3.63, 3.8) is 0 Å². The van der Waals surface area contributed by atoms with Crippen LogP contribution in [-0.2, 0) is 17.4 Å². The fraction of sp³-hybridized carbons (Fsp3) is 0.389. The average Bonchev–Trinajstić information content (AvgIpc) is 3.27. The molecule has 1 aromatic heterocycles. The summed E-state index contributed by atoms with van der Waals surface area (Å²) in [6.45, 7) is 0.156. The Morgan fingerprint density at radius 2 is 2.13 bits per heavy atom. The van der Waals surface area contributed by atoms with E-state index in [-0.39, 0.29) is 29.3 Å². The third kappa shape index (κ3) is 4.03. The van der Waals surface area contributed by atoms with Crippen LogP contribution in [0.5, 0.6) is 0 Å². The highest BCUT2D eigenvalue weighted by Gasteiger charge is 2.37. The molecule has 7 nitrogen and oxygen atoms in total. The molecule has 2 aromatic rings. The Balaban J connectivity index is 1.63. The Kier molecular flexibility index (Phi) is 5.49. The number of halogens is 4. The van der Waals surface area contributed by atoms with Gasteiger partial charge in [0.1, 0.15) is 11.4 Å². The molecule has 0 bridgehead atoms. The maximum Gasteiger partial charge on any atom is 0.493 e. The molecule has 3 N–H and O–H groups in total. The third-order valence-electron chi connectivity index (χ3n) is 5.21. The van der Waals surface area contributed by atoms with Gasteiger partial charge >= 0.3 is 13.3 Å². The quantitative estimate of drug-likeness (QED) is 0.631. The summed E-state index contributed by atoms with van der Waals surface area (Å²) in [4.78, 5) is 7.80. The maximum atomic E-state index is 13.4. The standard InChI is InChI=1S/C18H16BClF3N5O2/c20-13-5-11(4-10-8-30-19(29)15(10)13)26-17-25-7-12(18(21,22)23)16(28-17)27-14-3-1-2-9(14)6-24/h4-5,7,9,14,29H,1-3,8H2,(H2,25,26,27,28)/t9-,14+/m0/s1. The first-order valence-corrected chi connectivity index (χ1v) is 9.63. The van der Waals surface area contributed by atoms with Gasteiger partial charge in [0.05, 0.1) is 18.6 Å². The van der Waals surface area contributed by atoms with Crippen LogP contribution in [0.4, 0.5) is 30.6 Å². The van der Waals surface area contributed by atoms with E-state index in [9.17, 15) is 23.5 Å². The minimum Gasteiger partial charge on any atom is -0.423 e. The molecule has 1 aliphatic carbocycles. The van der Waals surface area contributed by atoms with Crippen LogP contribution in [0.2, 0.25) is 5.02 Å². The summed E-state index contributed by atoms with van der Waals surface area (Å²) < 4.78 is 45.4. The monoisotopic (exact) mass is 437 g/mol. The Morgan fingerprint density at radius 1 is 1.33 bits per heavy atom. The van der Waals surface area contributed by atoms with Crippen LogP contribution >= 0.6 is 11.6 Å². The first-order chi connectivity index (χ1) is 14.3. The highest BCUT2D eigenvalue weighted by atomic mass is 35.5. The van der Waals surface area contributed by atoms with Crippen molar-refractivity contribution in [2.24, 2.45) is 5.92 Å². The van der Waals surface area contributed by atoms with Gasteiger partial charge in [-0.1, -0.05) is 11.6 Å². The molecule has 2 heterocycles. The number of benzene rings is 1. The summed E-state index contributed by atoms with van der Waals surface area (Å²) in [5.74, 6) is -0.815. The Morgan fingerprint density at radius 3 is 2.87 bits per heavy atom. The zero-order chi connectivity index (χ0) is 21.5. The van der Waals surface area contributed by atoms with Crippen LogP contribution in [-0.4, -0.2) is 28.2 Å². The summed E-state index contributed by atoms with van der Waals surface area (Å²) in [5, 5.41) is 24.9. The molecular weight excluding hydrogens is 421 g/mol. The number of aromatic nitrogens is 2. The molecule has 0 amide bonds. The number of nitriles is 1. The van der Waals surface area contributed by atoms with Crippen LogP contribution in [0.15, 0.2) is 18.3 Å². The topological polar surface area (TPSA) is 103 Å². The number of hydrogen-bond donors (Lipinski definition) is 3. The highest BCUT2D eigenvalue weighted by molar-refractivity contribution is 6.65. The Labute approximate surface area is 175 Å². The first kappa shape index (κ1) is 20.7. The van der Waals surface area contributed by atoms with Gasteiger partial charge in [-0.15, -0.1) is 0 Å². The predicted octanol–water partition coefficient (Wildman–Crippen LogP) is 3.21. The first-order valence-electron chi connectivity index (χ1n) is 9.25. The predicted molar refractivity (Wildman–Crippen MR) is 105 cm³/mol. The number of anilines is 3. The largest absolute Gasteiger partial charge is 0.493 e. The molecule has 4 rings (SSSR count). The molecule has 1 aliphatic heterocycles. The number of nitrogens with one attached hydrogen (secondary N) is 2. The van der Waals surface area contributed by atoms with Crippen LogP contribution in [0.25, 0.3) is 0 Å². The average molecular weight is 438 g/mol. The lowest BCUT2D eigenvalue weighted by atomic mass is 9.79. The molecule has 0 unspecified atom stereocenters. The van der Waals surface area contributed by atoms with Gasteiger partial charge in [0, 0.05) is 28.4 Å². The smallest absolute Gasteiger partial charge is 0.423 e. The normalized spacial score (nSPS) is 20.7. The molecule has 0 radical (unpaired) electrons. The second kappa shape index (κ2) is 7.94. The molecule has 1 saturated carbocycles. The Hall–Kier alpha value is -2.55. The van der Waals surface area contributed by atoms with Crippen molar-refractivity contribution in [3.8, 4) is 6.07 Å². The lowest BCUT2D eigenvalue weighted by molar-refractivity contribution is -0.137. The summed E-state index contributed by atoms with van der Waals surface area (Å²) in [6, 6.07) is 4.89. The number of hydrogen-bond acceptors (Lipinski definition) is 7. The highest BCUT2D eigenvalue weighted by Crippen LogP contribution is 2.36. The molecule has 2 aliphatic rings. The molecule has 156 valence electrons. The zero-order valence-corrected chi connectivity index (χ0v) is 16.3. The van der Waals surface area contributed by atoms with Crippen molar-refractivity contribution in [3.05, 3.63) is 34.5 Å². The van der Waals surface area contributed by atoms with Crippen LogP contribution in [0, 0.1) is 17.2 Å². The summed E-state index contributed by atoms with van der Waals surface area (Å²) in [6.07, 6.45) is -1.96. The van der Waals surface area contributed by atoms with Crippen molar-refractivity contribution >= 4 is 41.6 Å². The molecule has 2 atom stereocenters. The van der Waals surface area contributed by atoms with Crippen molar-refractivity contribution in [2.75, 3.05) is 10.6 Å².